The highest BCUT2D eigenvalue weighted by Gasteiger charge is 2.35. The van der Waals surface area contributed by atoms with Crippen molar-refractivity contribution in [3.63, 3.8) is 0 Å². The van der Waals surface area contributed by atoms with Crippen LogP contribution in [0.5, 0.6) is 46.0 Å². The second-order valence-corrected chi connectivity index (χ2v) is 15.1. The Bertz CT molecular complexity index is 2290. The number of urea groups is 1. The minimum Gasteiger partial charge on any atom is -0.493 e. The summed E-state index contributed by atoms with van der Waals surface area (Å²) in [6, 6.07) is 25.6. The van der Waals surface area contributed by atoms with E-state index in [4.69, 9.17) is 28.4 Å². The predicted molar refractivity (Wildman–Crippen MR) is 222 cm³/mol. The number of aryl methyl sites for hydroxylation is 1. The first-order valence-corrected chi connectivity index (χ1v) is 19.4. The average Bonchev–Trinajstić information content (AvgIpc) is 3.21. The molecule has 57 heavy (non-hydrogen) atoms. The van der Waals surface area contributed by atoms with Crippen molar-refractivity contribution in [3.8, 4) is 46.0 Å². The lowest BCUT2D eigenvalue weighted by atomic mass is 9.86. The minimum atomic E-state index is -0.378. The quantitative estimate of drug-likeness (QED) is 0.175. The van der Waals surface area contributed by atoms with E-state index in [0.717, 1.165) is 54.6 Å². The molecule has 0 unspecified atom stereocenters. The van der Waals surface area contributed by atoms with E-state index in [1.165, 1.54) is 16.7 Å². The second kappa shape index (κ2) is 15.9. The molecule has 0 aliphatic carbocycles. The van der Waals surface area contributed by atoms with E-state index in [1.54, 1.807) is 28.4 Å². The number of likely N-dealkylation sites (N-methyl/N-ethyl adjacent to an activating group) is 2. The third kappa shape index (κ3) is 7.52. The maximum Gasteiger partial charge on any atom is 0.323 e. The highest BCUT2D eigenvalue weighted by Crippen LogP contribution is 2.52. The van der Waals surface area contributed by atoms with Crippen molar-refractivity contribution >= 4 is 17.4 Å². The summed E-state index contributed by atoms with van der Waals surface area (Å²) in [5.74, 6) is 4.59. The SMILES string of the molecule is COc1cc(NC(=O)Nc2ccc(C)cc2)c2cc1Oc1ccc(cc1)C[C@H]1c3cc(c(OC)cc3CCN1C)Oc1c(OC)c(OC)cc3c1[C@H](C2)N(C)CC3. The Balaban J connectivity index is 1.32. The zero-order valence-electron chi connectivity index (χ0n) is 33.7. The third-order valence-electron chi connectivity index (χ3n) is 11.6. The molecule has 0 saturated heterocycles. The summed E-state index contributed by atoms with van der Waals surface area (Å²) >= 11 is 0. The summed E-state index contributed by atoms with van der Waals surface area (Å²) < 4.78 is 37.7. The van der Waals surface area contributed by atoms with Crippen LogP contribution >= 0.6 is 0 Å². The van der Waals surface area contributed by atoms with Crippen molar-refractivity contribution < 1.29 is 33.2 Å². The first-order chi connectivity index (χ1) is 27.7. The molecule has 4 aliphatic rings. The van der Waals surface area contributed by atoms with Gasteiger partial charge in [-0.25, -0.2) is 4.79 Å². The smallest absolute Gasteiger partial charge is 0.323 e. The topological polar surface area (TPSA) is 103 Å². The molecule has 2 atom stereocenters. The monoisotopic (exact) mass is 770 g/mol. The predicted octanol–water partition coefficient (Wildman–Crippen LogP) is 9.11. The van der Waals surface area contributed by atoms with Crippen LogP contribution in [-0.2, 0) is 25.7 Å². The van der Waals surface area contributed by atoms with Crippen molar-refractivity contribution in [1.29, 1.82) is 0 Å². The highest BCUT2D eigenvalue weighted by atomic mass is 16.5. The van der Waals surface area contributed by atoms with Gasteiger partial charge in [-0.1, -0.05) is 29.8 Å². The van der Waals surface area contributed by atoms with E-state index >= 15 is 0 Å². The summed E-state index contributed by atoms with van der Waals surface area (Å²) in [7, 11) is 10.9. The van der Waals surface area contributed by atoms with Gasteiger partial charge in [0.05, 0.1) is 28.4 Å². The Morgan fingerprint density at radius 3 is 2.02 bits per heavy atom. The van der Waals surface area contributed by atoms with Gasteiger partial charge >= 0.3 is 6.03 Å². The number of carbonyl (C=O) groups excluding carboxylic acids is 1. The van der Waals surface area contributed by atoms with Crippen LogP contribution in [0, 0.1) is 6.92 Å². The molecule has 9 rings (SSSR count). The molecular formula is C46H50N4O7. The van der Waals surface area contributed by atoms with Crippen molar-refractivity contribution in [1.82, 2.24) is 9.80 Å². The van der Waals surface area contributed by atoms with Crippen molar-refractivity contribution in [2.24, 2.45) is 0 Å². The molecular weight excluding hydrogens is 721 g/mol. The van der Waals surface area contributed by atoms with Gasteiger partial charge < -0.3 is 39.1 Å². The zero-order chi connectivity index (χ0) is 39.8. The molecule has 0 aromatic heterocycles. The Kier molecular flexibility index (Phi) is 10.6. The second-order valence-electron chi connectivity index (χ2n) is 15.1. The molecule has 5 aromatic carbocycles. The number of benzene rings is 5. The van der Waals surface area contributed by atoms with Crippen LogP contribution in [0.2, 0.25) is 0 Å². The number of nitrogens with zero attached hydrogens (tertiary/aromatic N) is 2. The molecule has 5 aromatic rings. The van der Waals surface area contributed by atoms with Gasteiger partial charge in [0.1, 0.15) is 5.75 Å². The first-order valence-electron chi connectivity index (χ1n) is 19.4. The Labute approximate surface area is 334 Å². The third-order valence-corrected chi connectivity index (χ3v) is 11.6. The maximum atomic E-state index is 13.6. The highest BCUT2D eigenvalue weighted by molar-refractivity contribution is 6.00. The van der Waals surface area contributed by atoms with Gasteiger partial charge in [-0.2, -0.15) is 0 Å². The fourth-order valence-electron chi connectivity index (χ4n) is 8.38. The van der Waals surface area contributed by atoms with E-state index < -0.39 is 0 Å². The Morgan fingerprint density at radius 1 is 0.667 bits per heavy atom. The van der Waals surface area contributed by atoms with Crippen molar-refractivity contribution in [2.45, 2.75) is 44.7 Å². The van der Waals surface area contributed by atoms with E-state index in [-0.39, 0.29) is 18.1 Å². The van der Waals surface area contributed by atoms with Gasteiger partial charge in [0.25, 0.3) is 0 Å². The number of nitrogens with one attached hydrogen (secondary N) is 2. The van der Waals surface area contributed by atoms with E-state index in [9.17, 15) is 4.79 Å². The molecule has 11 heteroatoms. The lowest BCUT2D eigenvalue weighted by Gasteiger charge is -2.37. The molecule has 4 aliphatic heterocycles. The van der Waals surface area contributed by atoms with Gasteiger partial charge in [0.15, 0.2) is 34.5 Å². The van der Waals surface area contributed by atoms with Crippen LogP contribution in [0.1, 0.15) is 51.0 Å². The molecule has 4 heterocycles. The van der Waals surface area contributed by atoms with Gasteiger partial charge in [-0.15, -0.1) is 0 Å². The van der Waals surface area contributed by atoms with Gasteiger partial charge in [-0.05, 0) is 123 Å². The summed E-state index contributed by atoms with van der Waals surface area (Å²) in [6.07, 6.45) is 2.93. The number of methoxy groups -OCH3 is 4. The van der Waals surface area contributed by atoms with E-state index in [2.05, 4.69) is 64.9 Å². The molecule has 0 radical (unpaired) electrons. The molecule has 0 spiro atoms. The van der Waals surface area contributed by atoms with Crippen LogP contribution in [0.15, 0.2) is 78.9 Å². The fourth-order valence-corrected chi connectivity index (χ4v) is 8.38. The van der Waals surface area contributed by atoms with Crippen molar-refractivity contribution in [2.75, 3.05) is 66.3 Å². The van der Waals surface area contributed by atoms with Crippen LogP contribution in [0.4, 0.5) is 16.2 Å². The lowest BCUT2D eigenvalue weighted by molar-refractivity contribution is 0.220. The molecule has 0 fully saturated rings. The summed E-state index contributed by atoms with van der Waals surface area (Å²) in [4.78, 5) is 18.3. The van der Waals surface area contributed by atoms with Crippen LogP contribution in [-0.4, -0.2) is 71.5 Å². The number of fused-ring (bicyclic) bond motifs is 2. The Hall–Kier alpha value is -5.91. The van der Waals surface area contributed by atoms with Crippen LogP contribution in [0.3, 0.4) is 0 Å². The largest absolute Gasteiger partial charge is 0.493 e. The number of amides is 2. The van der Waals surface area contributed by atoms with E-state index in [0.29, 0.717) is 63.8 Å². The molecule has 0 saturated carbocycles. The fraction of sp³-hybridized carbons (Fsp3) is 0.326. The number of ether oxygens (including phenoxy) is 6. The lowest BCUT2D eigenvalue weighted by Crippen LogP contribution is -2.34. The Morgan fingerprint density at radius 2 is 1.32 bits per heavy atom. The molecule has 2 amide bonds. The normalized spacial score (nSPS) is 17.5. The first kappa shape index (κ1) is 38.0. The number of carbonyl (C=O) groups is 1. The molecule has 11 nitrogen and oxygen atoms in total. The standard InChI is InChI=1S/C46H50N4O7/c1-27-8-12-32(13-9-27)47-46(51)48-35-26-39(53-5)40-24-31(35)21-37-43-30(17-19-50(37)3)23-42(54-6)44(55-7)45(43)57-41-25-34-29(22-38(41)52-4)16-18-49(2)36(34)20-28-10-14-33(56-40)15-11-28/h8-15,22-26,36-37H,16-21H2,1-7H3,(H2,47,48,51)/t36-,37-/m0/s1. The number of rotatable bonds is 6. The number of hydrogen-bond donors (Lipinski definition) is 2. The number of hydrogen-bond acceptors (Lipinski definition) is 9. The number of anilines is 2. The van der Waals surface area contributed by atoms with Gasteiger partial charge in [0, 0.05) is 48.2 Å². The summed E-state index contributed by atoms with van der Waals surface area (Å²) in [5.41, 5.74) is 8.89. The zero-order valence-corrected chi connectivity index (χ0v) is 33.7. The molecule has 296 valence electrons. The minimum absolute atomic E-state index is 0.110. The van der Waals surface area contributed by atoms with Crippen molar-refractivity contribution in [3.05, 3.63) is 118 Å². The molecule has 6 bridgehead atoms. The van der Waals surface area contributed by atoms with Gasteiger partial charge in [0.2, 0.25) is 5.75 Å². The molecule has 2 N–H and O–H groups in total. The summed E-state index contributed by atoms with van der Waals surface area (Å²) in [6.45, 7) is 3.72. The maximum absolute atomic E-state index is 13.6. The van der Waals surface area contributed by atoms with Gasteiger partial charge in [-0.3, -0.25) is 9.80 Å². The average molecular weight is 771 g/mol. The van der Waals surface area contributed by atoms with Crippen LogP contribution in [0.25, 0.3) is 0 Å². The summed E-state index contributed by atoms with van der Waals surface area (Å²) in [5, 5.41) is 6.10. The van der Waals surface area contributed by atoms with Crippen LogP contribution < -0.4 is 39.1 Å². The van der Waals surface area contributed by atoms with E-state index in [1.807, 2.05) is 55.5 Å².